The lowest BCUT2D eigenvalue weighted by molar-refractivity contribution is 0.0963. The number of nitrogens with zero attached hydrogens (tertiary/aromatic N) is 2. The molecule has 0 radical (unpaired) electrons. The Bertz CT molecular complexity index is 869. The summed E-state index contributed by atoms with van der Waals surface area (Å²) in [6.07, 6.45) is 7.51. The number of carbonyl (C=O) groups is 1. The summed E-state index contributed by atoms with van der Waals surface area (Å²) in [5.41, 5.74) is 2.79. The number of carbonyl (C=O) groups excluding carboxylic acids is 1. The quantitative estimate of drug-likeness (QED) is 0.274. The van der Waals surface area contributed by atoms with Gasteiger partial charge < -0.3 is 20.7 Å². The van der Waals surface area contributed by atoms with Crippen molar-refractivity contribution in [3.05, 3.63) is 59.3 Å². The van der Waals surface area contributed by atoms with E-state index in [1.54, 1.807) is 20.3 Å². The van der Waals surface area contributed by atoms with Gasteiger partial charge in [-0.25, -0.2) is 4.98 Å². The normalized spacial score (nSPS) is 13.9. The van der Waals surface area contributed by atoms with Crippen LogP contribution in [0.5, 0.6) is 5.88 Å². The van der Waals surface area contributed by atoms with E-state index in [0.29, 0.717) is 30.5 Å². The standard InChI is InChI=1S/C23H31N5O2.HI/c1-24-21(29)18-8-5-7-17(15-18)12-14-27-23(25-2)28-16-19-9-6-13-26-22(19)30-20-10-3-4-11-20;/h5-9,13,15,20H,3-4,10-12,14,16H2,1-2H3,(H,24,29)(H2,25,27,28);1H. The van der Waals surface area contributed by atoms with Crippen LogP contribution in [0.25, 0.3) is 0 Å². The third-order valence-electron chi connectivity index (χ3n) is 5.22. The van der Waals surface area contributed by atoms with E-state index < -0.39 is 0 Å². The number of halogens is 1. The maximum absolute atomic E-state index is 11.8. The molecule has 3 rings (SSSR count). The number of hydrogen-bond acceptors (Lipinski definition) is 4. The van der Waals surface area contributed by atoms with E-state index in [-0.39, 0.29) is 36.0 Å². The van der Waals surface area contributed by atoms with Crippen LogP contribution in [0.15, 0.2) is 47.6 Å². The number of ether oxygens (including phenoxy) is 1. The molecule has 31 heavy (non-hydrogen) atoms. The third kappa shape index (κ3) is 7.68. The number of amides is 1. The second-order valence-electron chi connectivity index (χ2n) is 7.37. The lowest BCUT2D eigenvalue weighted by atomic mass is 10.1. The molecule has 1 aromatic carbocycles. The van der Waals surface area contributed by atoms with E-state index in [2.05, 4.69) is 25.9 Å². The molecule has 8 heteroatoms. The predicted octanol–water partition coefficient (Wildman–Crippen LogP) is 3.29. The molecule has 1 saturated carbocycles. The highest BCUT2D eigenvalue weighted by Gasteiger charge is 2.18. The second kappa shape index (κ2) is 13.1. The van der Waals surface area contributed by atoms with Gasteiger partial charge in [0.2, 0.25) is 5.88 Å². The average molecular weight is 537 g/mol. The smallest absolute Gasteiger partial charge is 0.251 e. The van der Waals surface area contributed by atoms with Crippen molar-refractivity contribution in [2.75, 3.05) is 20.6 Å². The molecule has 1 fully saturated rings. The van der Waals surface area contributed by atoms with Crippen LogP contribution < -0.4 is 20.7 Å². The highest BCUT2D eigenvalue weighted by Crippen LogP contribution is 2.24. The van der Waals surface area contributed by atoms with Gasteiger partial charge in [-0.2, -0.15) is 0 Å². The first kappa shape index (κ1) is 24.9. The molecule has 1 aliphatic carbocycles. The fourth-order valence-corrected chi connectivity index (χ4v) is 3.57. The zero-order valence-corrected chi connectivity index (χ0v) is 20.5. The van der Waals surface area contributed by atoms with Gasteiger partial charge in [0, 0.05) is 44.5 Å². The van der Waals surface area contributed by atoms with E-state index in [9.17, 15) is 4.79 Å². The number of aromatic nitrogens is 1. The zero-order valence-electron chi connectivity index (χ0n) is 18.2. The number of pyridine rings is 1. The van der Waals surface area contributed by atoms with Crippen molar-refractivity contribution >= 4 is 35.8 Å². The van der Waals surface area contributed by atoms with Crippen molar-refractivity contribution in [2.24, 2.45) is 4.99 Å². The second-order valence-corrected chi connectivity index (χ2v) is 7.37. The largest absolute Gasteiger partial charge is 0.474 e. The Labute approximate surface area is 201 Å². The highest BCUT2D eigenvalue weighted by atomic mass is 127. The van der Waals surface area contributed by atoms with Crippen molar-refractivity contribution in [1.82, 2.24) is 20.9 Å². The maximum atomic E-state index is 11.8. The van der Waals surface area contributed by atoms with Crippen LogP contribution in [0.3, 0.4) is 0 Å². The monoisotopic (exact) mass is 537 g/mol. The molecule has 1 aromatic heterocycles. The van der Waals surface area contributed by atoms with Gasteiger partial charge >= 0.3 is 0 Å². The minimum Gasteiger partial charge on any atom is -0.474 e. The third-order valence-corrected chi connectivity index (χ3v) is 5.22. The summed E-state index contributed by atoms with van der Waals surface area (Å²) in [7, 11) is 3.39. The van der Waals surface area contributed by atoms with Crippen LogP contribution in [-0.2, 0) is 13.0 Å². The van der Waals surface area contributed by atoms with Crippen LogP contribution in [0.4, 0.5) is 0 Å². The summed E-state index contributed by atoms with van der Waals surface area (Å²) in [5.74, 6) is 1.35. The number of benzene rings is 1. The van der Waals surface area contributed by atoms with Crippen molar-refractivity contribution in [1.29, 1.82) is 0 Å². The lowest BCUT2D eigenvalue weighted by Gasteiger charge is -2.17. The molecule has 3 N–H and O–H groups in total. The molecular weight excluding hydrogens is 505 g/mol. The van der Waals surface area contributed by atoms with E-state index in [4.69, 9.17) is 4.74 Å². The first-order chi connectivity index (χ1) is 14.7. The Hall–Kier alpha value is -2.36. The van der Waals surface area contributed by atoms with Gasteiger partial charge in [0.25, 0.3) is 5.91 Å². The van der Waals surface area contributed by atoms with Crippen LogP contribution in [0.2, 0.25) is 0 Å². The number of guanidine groups is 1. The Morgan fingerprint density at radius 3 is 2.74 bits per heavy atom. The van der Waals surface area contributed by atoms with Crippen molar-refractivity contribution in [3.63, 3.8) is 0 Å². The van der Waals surface area contributed by atoms with Crippen LogP contribution in [0, 0.1) is 0 Å². The van der Waals surface area contributed by atoms with E-state index in [1.807, 2.05) is 36.4 Å². The van der Waals surface area contributed by atoms with Gasteiger partial charge in [0.05, 0.1) is 0 Å². The lowest BCUT2D eigenvalue weighted by Crippen LogP contribution is -2.38. The summed E-state index contributed by atoms with van der Waals surface area (Å²) in [5, 5.41) is 9.30. The molecule has 0 bridgehead atoms. The molecule has 2 aromatic rings. The van der Waals surface area contributed by atoms with Gasteiger partial charge in [-0.05, 0) is 55.9 Å². The molecule has 7 nitrogen and oxygen atoms in total. The molecule has 0 aliphatic heterocycles. The number of hydrogen-bond donors (Lipinski definition) is 3. The van der Waals surface area contributed by atoms with Crippen molar-refractivity contribution < 1.29 is 9.53 Å². The molecule has 1 heterocycles. The molecule has 0 saturated heterocycles. The molecule has 1 amide bonds. The van der Waals surface area contributed by atoms with Crippen LogP contribution in [0.1, 0.15) is 47.2 Å². The Balaban J connectivity index is 0.00000341. The number of nitrogens with one attached hydrogen (secondary N) is 3. The molecule has 0 spiro atoms. The molecule has 0 atom stereocenters. The molecule has 0 unspecified atom stereocenters. The summed E-state index contributed by atoms with van der Waals surface area (Å²) in [6.45, 7) is 1.29. The molecule has 168 valence electrons. The molecular formula is C23H32IN5O2. The minimum atomic E-state index is -0.0746. The first-order valence-corrected chi connectivity index (χ1v) is 10.6. The van der Waals surface area contributed by atoms with E-state index in [0.717, 1.165) is 30.4 Å². The van der Waals surface area contributed by atoms with Crippen LogP contribution in [-0.4, -0.2) is 43.6 Å². The Morgan fingerprint density at radius 1 is 1.19 bits per heavy atom. The summed E-state index contributed by atoms with van der Waals surface area (Å²) in [4.78, 5) is 20.5. The summed E-state index contributed by atoms with van der Waals surface area (Å²) >= 11 is 0. The van der Waals surface area contributed by atoms with E-state index in [1.165, 1.54) is 12.8 Å². The van der Waals surface area contributed by atoms with Gasteiger partial charge in [0.1, 0.15) is 6.10 Å². The molecule has 1 aliphatic rings. The van der Waals surface area contributed by atoms with Crippen molar-refractivity contribution in [3.8, 4) is 5.88 Å². The van der Waals surface area contributed by atoms with Gasteiger partial charge in [-0.1, -0.05) is 18.2 Å². The Morgan fingerprint density at radius 2 is 2.00 bits per heavy atom. The topological polar surface area (TPSA) is 87.6 Å². The fraction of sp³-hybridized carbons (Fsp3) is 0.435. The van der Waals surface area contributed by atoms with Crippen molar-refractivity contribution in [2.45, 2.75) is 44.8 Å². The summed E-state index contributed by atoms with van der Waals surface area (Å²) < 4.78 is 6.11. The highest BCUT2D eigenvalue weighted by molar-refractivity contribution is 14.0. The SMILES string of the molecule is CN=C(NCCc1cccc(C(=O)NC)c1)NCc1cccnc1OC1CCCC1.I. The number of rotatable bonds is 8. The maximum Gasteiger partial charge on any atom is 0.251 e. The first-order valence-electron chi connectivity index (χ1n) is 10.6. The fourth-order valence-electron chi connectivity index (χ4n) is 3.57. The average Bonchev–Trinajstić information content (AvgIpc) is 3.29. The minimum absolute atomic E-state index is 0. The zero-order chi connectivity index (χ0) is 21.2. The predicted molar refractivity (Wildman–Crippen MR) is 134 cm³/mol. The number of aliphatic imine (C=N–C) groups is 1. The summed E-state index contributed by atoms with van der Waals surface area (Å²) in [6, 6.07) is 11.6. The van der Waals surface area contributed by atoms with Gasteiger partial charge in [0.15, 0.2) is 5.96 Å². The van der Waals surface area contributed by atoms with Gasteiger partial charge in [-0.3, -0.25) is 9.79 Å². The van der Waals surface area contributed by atoms with Gasteiger partial charge in [-0.15, -0.1) is 24.0 Å². The van der Waals surface area contributed by atoms with E-state index >= 15 is 0 Å². The van der Waals surface area contributed by atoms with Crippen LogP contribution >= 0.6 is 24.0 Å². The Kier molecular flexibility index (Phi) is 10.6.